The molecule has 2 saturated carbocycles. The van der Waals surface area contributed by atoms with Crippen molar-refractivity contribution in [3.05, 3.63) is 0 Å². The molecule has 0 unspecified atom stereocenters. The van der Waals surface area contributed by atoms with Crippen molar-refractivity contribution in [3.8, 4) is 0 Å². The van der Waals surface area contributed by atoms with Gasteiger partial charge in [0.1, 0.15) is 0 Å². The van der Waals surface area contributed by atoms with E-state index in [-0.39, 0.29) is 0 Å². The molecule has 4 aliphatic rings. The summed E-state index contributed by atoms with van der Waals surface area (Å²) < 4.78 is 0. The zero-order valence-corrected chi connectivity index (χ0v) is 13.2. The van der Waals surface area contributed by atoms with Crippen LogP contribution in [0.1, 0.15) is 77.0 Å². The fraction of sp³-hybridized carbons (Fsp3) is 0.944. The molecule has 2 saturated heterocycles. The van der Waals surface area contributed by atoms with Gasteiger partial charge in [0.15, 0.2) is 0 Å². The summed E-state index contributed by atoms with van der Waals surface area (Å²) in [5.41, 5.74) is 1.06. The zero-order valence-electron chi connectivity index (χ0n) is 13.2. The third kappa shape index (κ3) is 2.74. The van der Waals surface area contributed by atoms with Crippen LogP contribution >= 0.6 is 0 Å². The second kappa shape index (κ2) is 5.91. The highest BCUT2D eigenvalue weighted by Gasteiger charge is 2.43. The normalized spacial score (nSPS) is 46.3. The first-order chi connectivity index (χ1) is 10.3. The van der Waals surface area contributed by atoms with Crippen molar-refractivity contribution >= 4 is 5.71 Å². The van der Waals surface area contributed by atoms with Crippen molar-refractivity contribution in [3.63, 3.8) is 0 Å². The third-order valence-electron chi connectivity index (χ3n) is 6.78. The average Bonchev–Trinajstić information content (AvgIpc) is 2.66. The lowest BCUT2D eigenvalue weighted by molar-refractivity contribution is -0.00496. The molecule has 2 heterocycles. The zero-order chi connectivity index (χ0) is 14.2. The molecule has 4 rings (SSSR count). The van der Waals surface area contributed by atoms with Gasteiger partial charge in [0.05, 0.1) is 5.71 Å². The van der Waals surface area contributed by atoms with Crippen LogP contribution in [0.3, 0.4) is 0 Å². The SMILES string of the molecule is O/N=C1\C[C@H]2CCC[C@@H](C1)N2[C@@H]1C[C@@H]2CCCC[C@@H](C2)C1. The fourth-order valence-electron chi connectivity index (χ4n) is 6.02. The molecule has 3 nitrogen and oxygen atoms in total. The van der Waals surface area contributed by atoms with Crippen LogP contribution in [0.25, 0.3) is 0 Å². The van der Waals surface area contributed by atoms with E-state index in [4.69, 9.17) is 0 Å². The molecular formula is C18H30N2O. The van der Waals surface area contributed by atoms with Gasteiger partial charge in [0.2, 0.25) is 0 Å². The summed E-state index contributed by atoms with van der Waals surface area (Å²) in [6.45, 7) is 0. The van der Waals surface area contributed by atoms with Crippen LogP contribution in [0.2, 0.25) is 0 Å². The standard InChI is InChI=1S/C18H30N2O/c21-19-15-11-16-6-3-7-17(12-15)20(16)18-9-13-4-1-2-5-14(8-13)10-18/h13-14,16-18,21H,1-12H2/b19-15-/t13-,14+,16-,17+,18-/m0/s1. The molecule has 0 aromatic carbocycles. The maximum Gasteiger partial charge on any atom is 0.0601 e. The van der Waals surface area contributed by atoms with Crippen molar-refractivity contribution in [1.29, 1.82) is 0 Å². The van der Waals surface area contributed by atoms with E-state index in [9.17, 15) is 5.21 Å². The highest BCUT2D eigenvalue weighted by atomic mass is 16.4. The Balaban J connectivity index is 1.52. The lowest BCUT2D eigenvalue weighted by Gasteiger charge is -2.52. The average molecular weight is 290 g/mol. The molecule has 2 aliphatic carbocycles. The molecule has 1 N–H and O–H groups in total. The molecule has 0 amide bonds. The summed E-state index contributed by atoms with van der Waals surface area (Å²) in [4.78, 5) is 2.91. The van der Waals surface area contributed by atoms with E-state index in [0.717, 1.165) is 36.4 Å². The van der Waals surface area contributed by atoms with E-state index < -0.39 is 0 Å². The highest BCUT2D eigenvalue weighted by molar-refractivity contribution is 5.86. The van der Waals surface area contributed by atoms with Gasteiger partial charge in [-0.15, -0.1) is 0 Å². The summed E-state index contributed by atoms with van der Waals surface area (Å²) in [6, 6.07) is 2.18. The van der Waals surface area contributed by atoms with E-state index in [1.165, 1.54) is 64.2 Å². The summed E-state index contributed by atoms with van der Waals surface area (Å²) in [6.07, 6.45) is 16.4. The van der Waals surface area contributed by atoms with Gasteiger partial charge in [-0.05, 0) is 43.9 Å². The summed E-state index contributed by atoms with van der Waals surface area (Å²) in [7, 11) is 0. The van der Waals surface area contributed by atoms with E-state index in [1.807, 2.05) is 0 Å². The van der Waals surface area contributed by atoms with Gasteiger partial charge in [-0.2, -0.15) is 0 Å². The number of rotatable bonds is 1. The van der Waals surface area contributed by atoms with E-state index >= 15 is 0 Å². The first-order valence-electron chi connectivity index (χ1n) is 9.30. The first kappa shape index (κ1) is 14.0. The minimum atomic E-state index is 0.675. The second-order valence-corrected chi connectivity index (χ2v) is 8.14. The molecule has 4 fully saturated rings. The van der Waals surface area contributed by atoms with Crippen LogP contribution in [-0.4, -0.2) is 33.9 Å². The van der Waals surface area contributed by atoms with Crippen molar-refractivity contribution < 1.29 is 5.21 Å². The predicted molar refractivity (Wildman–Crippen MR) is 84.8 cm³/mol. The van der Waals surface area contributed by atoms with Gasteiger partial charge >= 0.3 is 0 Å². The smallest absolute Gasteiger partial charge is 0.0601 e. The summed E-state index contributed by atoms with van der Waals surface area (Å²) in [5.74, 6) is 2.01. The van der Waals surface area contributed by atoms with Gasteiger partial charge in [-0.3, -0.25) is 4.90 Å². The summed E-state index contributed by atoms with van der Waals surface area (Å²) in [5, 5.41) is 12.8. The van der Waals surface area contributed by atoms with Crippen molar-refractivity contribution in [2.24, 2.45) is 17.0 Å². The number of piperidine rings is 2. The highest BCUT2D eigenvalue weighted by Crippen LogP contribution is 2.44. The first-order valence-corrected chi connectivity index (χ1v) is 9.30. The summed E-state index contributed by atoms with van der Waals surface area (Å²) >= 11 is 0. The largest absolute Gasteiger partial charge is 0.411 e. The van der Waals surface area contributed by atoms with E-state index in [0.29, 0.717) is 12.1 Å². The van der Waals surface area contributed by atoms with E-state index in [2.05, 4.69) is 10.1 Å². The van der Waals surface area contributed by atoms with Crippen LogP contribution in [-0.2, 0) is 0 Å². The maximum absolute atomic E-state index is 9.18. The van der Waals surface area contributed by atoms with Crippen LogP contribution in [0.4, 0.5) is 0 Å². The Morgan fingerprint density at radius 3 is 1.95 bits per heavy atom. The molecule has 3 heteroatoms. The maximum atomic E-state index is 9.18. The molecule has 0 radical (unpaired) electrons. The Morgan fingerprint density at radius 2 is 1.38 bits per heavy atom. The van der Waals surface area contributed by atoms with E-state index in [1.54, 1.807) is 0 Å². The minimum Gasteiger partial charge on any atom is -0.411 e. The van der Waals surface area contributed by atoms with Gasteiger partial charge in [0.25, 0.3) is 0 Å². The van der Waals surface area contributed by atoms with Crippen LogP contribution in [0.15, 0.2) is 5.16 Å². The third-order valence-corrected chi connectivity index (χ3v) is 6.78. The van der Waals surface area contributed by atoms with Crippen LogP contribution in [0, 0.1) is 11.8 Å². The molecule has 2 aliphatic heterocycles. The number of oxime groups is 1. The Labute approximate surface area is 128 Å². The predicted octanol–water partition coefficient (Wildman–Crippen LogP) is 4.19. The number of fused-ring (bicyclic) bond motifs is 4. The van der Waals surface area contributed by atoms with Crippen molar-refractivity contribution in [2.45, 2.75) is 95.2 Å². The second-order valence-electron chi connectivity index (χ2n) is 8.14. The minimum absolute atomic E-state index is 0.675. The van der Waals surface area contributed by atoms with Gasteiger partial charge < -0.3 is 5.21 Å². The molecule has 4 bridgehead atoms. The van der Waals surface area contributed by atoms with Gasteiger partial charge in [0, 0.05) is 31.0 Å². The molecule has 5 atom stereocenters. The Hall–Kier alpha value is -0.570. The van der Waals surface area contributed by atoms with Crippen molar-refractivity contribution in [1.82, 2.24) is 4.90 Å². The topological polar surface area (TPSA) is 35.8 Å². The molecule has 0 aromatic heterocycles. The molecule has 118 valence electrons. The van der Waals surface area contributed by atoms with Crippen molar-refractivity contribution in [2.75, 3.05) is 0 Å². The Bertz CT molecular complexity index is 378. The van der Waals surface area contributed by atoms with Crippen LogP contribution in [0.5, 0.6) is 0 Å². The lowest BCUT2D eigenvalue weighted by atomic mass is 9.74. The number of nitrogens with zero attached hydrogens (tertiary/aromatic N) is 2. The monoisotopic (exact) mass is 290 g/mol. The molecule has 0 spiro atoms. The fourth-order valence-corrected chi connectivity index (χ4v) is 6.02. The molecular weight excluding hydrogens is 260 g/mol. The molecule has 0 aromatic rings. The Morgan fingerprint density at radius 1 is 0.762 bits per heavy atom. The lowest BCUT2D eigenvalue weighted by Crippen LogP contribution is -2.58. The molecule has 21 heavy (non-hydrogen) atoms. The van der Waals surface area contributed by atoms with Crippen LogP contribution < -0.4 is 0 Å². The number of hydrogen-bond donors (Lipinski definition) is 1. The quantitative estimate of drug-likeness (QED) is 0.580. The van der Waals surface area contributed by atoms with Gasteiger partial charge in [-0.25, -0.2) is 0 Å². The van der Waals surface area contributed by atoms with Gasteiger partial charge in [-0.1, -0.05) is 37.3 Å². The number of hydrogen-bond acceptors (Lipinski definition) is 3. The Kier molecular flexibility index (Phi) is 3.95.